The zero-order chi connectivity index (χ0) is 13.7. The molecule has 6 nitrogen and oxygen atoms in total. The topological polar surface area (TPSA) is 88.2 Å². The number of hydrogen-bond donors (Lipinski definition) is 1. The third kappa shape index (κ3) is 3.20. The first-order chi connectivity index (χ1) is 9.22. The van der Waals surface area contributed by atoms with Gasteiger partial charge in [-0.2, -0.15) is 5.26 Å². The fraction of sp³-hybridized carbons (Fsp3) is 0.462. The lowest BCUT2D eigenvalue weighted by atomic mass is 10.1. The van der Waals surface area contributed by atoms with E-state index in [0.717, 1.165) is 25.9 Å². The van der Waals surface area contributed by atoms with Crippen molar-refractivity contribution >= 4 is 5.69 Å². The highest BCUT2D eigenvalue weighted by Gasteiger charge is 2.21. The summed E-state index contributed by atoms with van der Waals surface area (Å²) in [4.78, 5) is 10.4. The maximum atomic E-state index is 11.0. The number of nitriles is 1. The summed E-state index contributed by atoms with van der Waals surface area (Å²) in [5, 5.41) is 23.1. The Labute approximate surface area is 111 Å². The summed E-state index contributed by atoms with van der Waals surface area (Å²) in [6.45, 7) is 2.43. The number of nitro benzene ring substituents is 1. The van der Waals surface area contributed by atoms with Crippen molar-refractivity contribution in [3.05, 3.63) is 33.9 Å². The Kier molecular flexibility index (Phi) is 4.31. The highest BCUT2D eigenvalue weighted by molar-refractivity contribution is 5.57. The summed E-state index contributed by atoms with van der Waals surface area (Å²) in [5.41, 5.74) is -0.209. The van der Waals surface area contributed by atoms with Crippen LogP contribution in [-0.4, -0.2) is 24.6 Å². The second-order valence-electron chi connectivity index (χ2n) is 4.52. The van der Waals surface area contributed by atoms with Crippen LogP contribution < -0.4 is 10.1 Å². The van der Waals surface area contributed by atoms with Crippen LogP contribution >= 0.6 is 0 Å². The summed E-state index contributed by atoms with van der Waals surface area (Å²) < 4.78 is 5.48. The fourth-order valence-corrected chi connectivity index (χ4v) is 2.21. The number of para-hydroxylation sites is 1. The van der Waals surface area contributed by atoms with Crippen LogP contribution in [0.25, 0.3) is 0 Å². The monoisotopic (exact) mass is 261 g/mol. The van der Waals surface area contributed by atoms with Crippen LogP contribution in [-0.2, 0) is 0 Å². The minimum atomic E-state index is -0.564. The molecular formula is C13H15N3O3. The molecule has 1 fully saturated rings. The van der Waals surface area contributed by atoms with Crippen LogP contribution in [0.1, 0.15) is 18.4 Å². The molecule has 0 saturated carbocycles. The van der Waals surface area contributed by atoms with Gasteiger partial charge in [0.15, 0.2) is 5.75 Å². The molecule has 6 heteroatoms. The lowest BCUT2D eigenvalue weighted by Gasteiger charge is -2.10. The van der Waals surface area contributed by atoms with E-state index >= 15 is 0 Å². The molecule has 0 radical (unpaired) electrons. The van der Waals surface area contributed by atoms with Gasteiger partial charge >= 0.3 is 5.69 Å². The first-order valence-corrected chi connectivity index (χ1v) is 6.23. The molecular weight excluding hydrogens is 246 g/mol. The molecule has 0 amide bonds. The van der Waals surface area contributed by atoms with E-state index in [4.69, 9.17) is 10.00 Å². The van der Waals surface area contributed by atoms with Gasteiger partial charge < -0.3 is 10.1 Å². The molecule has 2 rings (SSSR count). The van der Waals surface area contributed by atoms with Crippen molar-refractivity contribution in [2.45, 2.75) is 12.8 Å². The molecule has 1 aromatic carbocycles. The molecule has 0 aromatic heterocycles. The fourth-order valence-electron chi connectivity index (χ4n) is 2.21. The second kappa shape index (κ2) is 6.16. The molecule has 0 bridgehead atoms. The molecule has 1 atom stereocenters. The smallest absolute Gasteiger partial charge is 0.328 e. The summed E-state index contributed by atoms with van der Waals surface area (Å²) >= 11 is 0. The third-order valence-electron chi connectivity index (χ3n) is 3.25. The Morgan fingerprint density at radius 1 is 1.58 bits per heavy atom. The summed E-state index contributed by atoms with van der Waals surface area (Å²) in [6.07, 6.45) is 1.98. The molecule has 1 aromatic rings. The van der Waals surface area contributed by atoms with E-state index in [9.17, 15) is 10.1 Å². The summed E-state index contributed by atoms with van der Waals surface area (Å²) in [7, 11) is 0. The van der Waals surface area contributed by atoms with Crippen molar-refractivity contribution in [1.82, 2.24) is 5.32 Å². The van der Waals surface area contributed by atoms with Crippen molar-refractivity contribution < 1.29 is 9.66 Å². The summed E-state index contributed by atoms with van der Waals surface area (Å²) in [6, 6.07) is 6.37. The zero-order valence-electron chi connectivity index (χ0n) is 10.5. The largest absolute Gasteiger partial charge is 0.487 e. The van der Waals surface area contributed by atoms with E-state index in [2.05, 4.69) is 5.32 Å². The van der Waals surface area contributed by atoms with Gasteiger partial charge in [-0.05, 0) is 44.0 Å². The number of nitro groups is 1. The van der Waals surface area contributed by atoms with Crippen molar-refractivity contribution in [3.8, 4) is 11.8 Å². The molecule has 1 N–H and O–H groups in total. The first-order valence-electron chi connectivity index (χ1n) is 6.23. The average Bonchev–Trinajstić information content (AvgIpc) is 2.91. The van der Waals surface area contributed by atoms with Gasteiger partial charge in [0, 0.05) is 0 Å². The van der Waals surface area contributed by atoms with Gasteiger partial charge in [-0.1, -0.05) is 6.07 Å². The summed E-state index contributed by atoms with van der Waals surface area (Å²) in [5.74, 6) is 0.744. The zero-order valence-corrected chi connectivity index (χ0v) is 10.5. The Hall–Kier alpha value is -2.13. The van der Waals surface area contributed by atoms with Crippen molar-refractivity contribution in [2.24, 2.45) is 5.92 Å². The Bertz CT molecular complexity index is 504. The van der Waals surface area contributed by atoms with Crippen LogP contribution in [0.5, 0.6) is 5.75 Å². The van der Waals surface area contributed by atoms with Crippen LogP contribution in [0.15, 0.2) is 18.2 Å². The lowest BCUT2D eigenvalue weighted by molar-refractivity contribution is -0.386. The Balaban J connectivity index is 2.03. The minimum Gasteiger partial charge on any atom is -0.487 e. The first kappa shape index (κ1) is 13.3. The number of rotatable bonds is 5. The third-order valence-corrected chi connectivity index (χ3v) is 3.25. The number of benzene rings is 1. The minimum absolute atomic E-state index is 0.0324. The predicted octanol–water partition coefficient (Wildman–Crippen LogP) is 1.84. The lowest BCUT2D eigenvalue weighted by Crippen LogP contribution is -2.12. The van der Waals surface area contributed by atoms with Gasteiger partial charge in [0.25, 0.3) is 0 Å². The maximum absolute atomic E-state index is 11.0. The molecule has 1 unspecified atom stereocenters. The van der Waals surface area contributed by atoms with E-state index in [0.29, 0.717) is 12.5 Å². The number of ether oxygens (including phenoxy) is 1. The molecule has 1 heterocycles. The molecule has 1 aliphatic rings. The van der Waals surface area contributed by atoms with E-state index in [1.54, 1.807) is 6.07 Å². The molecule has 1 saturated heterocycles. The van der Waals surface area contributed by atoms with Crippen molar-refractivity contribution in [3.63, 3.8) is 0 Å². The van der Waals surface area contributed by atoms with Crippen molar-refractivity contribution in [2.75, 3.05) is 19.7 Å². The molecule has 0 aliphatic carbocycles. The highest BCUT2D eigenvalue weighted by atomic mass is 16.6. The van der Waals surface area contributed by atoms with Gasteiger partial charge in [-0.15, -0.1) is 0 Å². The van der Waals surface area contributed by atoms with Crippen molar-refractivity contribution in [1.29, 1.82) is 5.26 Å². The second-order valence-corrected chi connectivity index (χ2v) is 4.52. The molecule has 19 heavy (non-hydrogen) atoms. The van der Waals surface area contributed by atoms with Crippen LogP contribution in [0.4, 0.5) is 5.69 Å². The normalized spacial score (nSPS) is 17.9. The van der Waals surface area contributed by atoms with Crippen LogP contribution in [0.2, 0.25) is 0 Å². The standard InChI is InChI=1S/C13H15N3O3/c14-8-11-2-1-3-12(13(11)16(17)18)19-7-5-10-4-6-15-9-10/h1-3,10,15H,4-7,9H2. The highest BCUT2D eigenvalue weighted by Crippen LogP contribution is 2.30. The SMILES string of the molecule is N#Cc1cccc(OCCC2CCNC2)c1[N+](=O)[O-]. The average molecular weight is 261 g/mol. The quantitative estimate of drug-likeness (QED) is 0.645. The van der Waals surface area contributed by atoms with E-state index < -0.39 is 4.92 Å². The Morgan fingerprint density at radius 2 is 2.42 bits per heavy atom. The van der Waals surface area contributed by atoms with E-state index in [1.165, 1.54) is 12.1 Å². The Morgan fingerprint density at radius 3 is 3.05 bits per heavy atom. The predicted molar refractivity (Wildman–Crippen MR) is 68.9 cm³/mol. The molecule has 1 aliphatic heterocycles. The van der Waals surface area contributed by atoms with Gasteiger partial charge in [-0.3, -0.25) is 10.1 Å². The van der Waals surface area contributed by atoms with Crippen LogP contribution in [0, 0.1) is 27.4 Å². The van der Waals surface area contributed by atoms with Gasteiger partial charge in [0.2, 0.25) is 0 Å². The van der Waals surface area contributed by atoms with Crippen LogP contribution in [0.3, 0.4) is 0 Å². The van der Waals surface area contributed by atoms with Gasteiger partial charge in [-0.25, -0.2) is 0 Å². The molecule has 0 spiro atoms. The number of nitrogens with zero attached hydrogens (tertiary/aromatic N) is 2. The van der Waals surface area contributed by atoms with E-state index in [1.807, 2.05) is 6.07 Å². The maximum Gasteiger partial charge on any atom is 0.328 e. The number of hydrogen-bond acceptors (Lipinski definition) is 5. The molecule has 100 valence electrons. The van der Waals surface area contributed by atoms with Gasteiger partial charge in [0.05, 0.1) is 11.5 Å². The van der Waals surface area contributed by atoms with Gasteiger partial charge in [0.1, 0.15) is 11.6 Å². The van der Waals surface area contributed by atoms with E-state index in [-0.39, 0.29) is 17.0 Å². The number of nitrogens with one attached hydrogen (secondary N) is 1.